The van der Waals surface area contributed by atoms with Gasteiger partial charge in [-0.15, -0.1) is 0 Å². The van der Waals surface area contributed by atoms with E-state index >= 15 is 0 Å². The number of nitrogens with one attached hydrogen (secondary N) is 1. The zero-order valence-corrected chi connectivity index (χ0v) is 21.9. The van der Waals surface area contributed by atoms with Crippen LogP contribution in [-0.2, 0) is 9.59 Å². The predicted octanol–water partition coefficient (Wildman–Crippen LogP) is 4.61. The molecule has 0 spiro atoms. The lowest BCUT2D eigenvalue weighted by atomic mass is 10.0. The number of nitriles is 1. The Kier molecular flexibility index (Phi) is 7.59. The molecule has 0 radical (unpaired) electrons. The van der Waals surface area contributed by atoms with Gasteiger partial charge in [0.1, 0.15) is 17.4 Å². The van der Waals surface area contributed by atoms with Crippen molar-refractivity contribution in [2.24, 2.45) is 0 Å². The van der Waals surface area contributed by atoms with E-state index in [1.807, 2.05) is 25.7 Å². The molecular weight excluding hydrogens is 551 g/mol. The summed E-state index contributed by atoms with van der Waals surface area (Å²) in [5.41, 5.74) is 2.06. The van der Waals surface area contributed by atoms with E-state index in [0.717, 1.165) is 9.13 Å². The van der Waals surface area contributed by atoms with Gasteiger partial charge in [-0.05, 0) is 104 Å². The van der Waals surface area contributed by atoms with Crippen LogP contribution in [0.15, 0.2) is 36.4 Å². The van der Waals surface area contributed by atoms with E-state index in [4.69, 9.17) is 17.0 Å². The molecule has 172 valence electrons. The fourth-order valence-corrected chi connectivity index (χ4v) is 4.75. The summed E-state index contributed by atoms with van der Waals surface area (Å²) < 4.78 is 6.63. The van der Waals surface area contributed by atoms with Gasteiger partial charge in [-0.2, -0.15) is 5.26 Å². The zero-order valence-electron chi connectivity index (χ0n) is 18.9. The summed E-state index contributed by atoms with van der Waals surface area (Å²) in [6, 6.07) is 12.9. The molecule has 0 aliphatic carbocycles. The largest absolute Gasteiger partial charge is 0.494 e. The molecule has 33 heavy (non-hydrogen) atoms. The summed E-state index contributed by atoms with van der Waals surface area (Å²) in [7, 11) is 0. The smallest absolute Gasteiger partial charge is 0.258 e. The predicted molar refractivity (Wildman–Crippen MR) is 140 cm³/mol. The van der Waals surface area contributed by atoms with Crippen molar-refractivity contribution in [3.05, 3.63) is 51.1 Å². The average Bonchev–Trinajstić information content (AvgIpc) is 2.93. The maximum atomic E-state index is 13.3. The Morgan fingerprint density at radius 2 is 1.91 bits per heavy atom. The van der Waals surface area contributed by atoms with E-state index in [0.29, 0.717) is 47.4 Å². The highest BCUT2D eigenvalue weighted by Gasteiger charge is 2.49. The van der Waals surface area contributed by atoms with Crippen molar-refractivity contribution in [2.45, 2.75) is 39.7 Å². The van der Waals surface area contributed by atoms with Crippen LogP contribution in [0.25, 0.3) is 0 Å². The highest BCUT2D eigenvalue weighted by molar-refractivity contribution is 14.1. The molecule has 0 saturated carbocycles. The van der Waals surface area contributed by atoms with Crippen LogP contribution in [0.2, 0.25) is 0 Å². The van der Waals surface area contributed by atoms with Crippen molar-refractivity contribution in [3.8, 4) is 11.8 Å². The van der Waals surface area contributed by atoms with Crippen molar-refractivity contribution in [1.82, 2.24) is 4.90 Å². The van der Waals surface area contributed by atoms with Crippen LogP contribution in [0.4, 0.5) is 11.4 Å². The van der Waals surface area contributed by atoms with E-state index < -0.39 is 5.54 Å². The molecule has 0 unspecified atom stereocenters. The number of anilines is 2. The Hall–Kier alpha value is -2.71. The Morgan fingerprint density at radius 3 is 2.52 bits per heavy atom. The zero-order chi connectivity index (χ0) is 24.3. The quantitative estimate of drug-likeness (QED) is 0.295. The molecule has 0 atom stereocenters. The molecule has 3 rings (SSSR count). The van der Waals surface area contributed by atoms with Crippen LogP contribution < -0.4 is 15.0 Å². The standard InChI is InChI=1S/C24H25IN4O3S/c1-15-20(11-6-17(14-26)21(15)25)29-22(31)24(3,4)28(23(29)33)12-5-13-32-19-9-7-18(8-10-19)27-16(2)30/h6-11H,5,12-13H2,1-4H3,(H,27,30). The number of ether oxygens (including phenoxy) is 1. The summed E-state index contributed by atoms with van der Waals surface area (Å²) in [6.07, 6.45) is 0.669. The third kappa shape index (κ3) is 5.12. The SMILES string of the molecule is CC(=O)Nc1ccc(OCCCN2C(=S)N(c3ccc(C#N)c(I)c3C)C(=O)C2(C)C)cc1. The molecule has 2 aromatic carbocycles. The first-order valence-corrected chi connectivity index (χ1v) is 11.9. The molecule has 0 bridgehead atoms. The number of hydrogen-bond acceptors (Lipinski definition) is 5. The highest BCUT2D eigenvalue weighted by atomic mass is 127. The molecule has 1 fully saturated rings. The van der Waals surface area contributed by atoms with Crippen LogP contribution in [0.3, 0.4) is 0 Å². The Morgan fingerprint density at radius 1 is 1.24 bits per heavy atom. The minimum atomic E-state index is -0.789. The second-order valence-corrected chi connectivity index (χ2v) is 9.67. The van der Waals surface area contributed by atoms with Gasteiger partial charge < -0.3 is 15.0 Å². The monoisotopic (exact) mass is 576 g/mol. The van der Waals surface area contributed by atoms with Gasteiger partial charge in [0.15, 0.2) is 5.11 Å². The molecular formula is C24H25IN4O3S. The van der Waals surface area contributed by atoms with Gasteiger partial charge >= 0.3 is 0 Å². The lowest BCUT2D eigenvalue weighted by Gasteiger charge is -2.29. The Balaban J connectivity index is 1.66. The number of carbonyl (C=O) groups excluding carboxylic acids is 2. The van der Waals surface area contributed by atoms with Crippen molar-refractivity contribution in [2.75, 3.05) is 23.4 Å². The maximum Gasteiger partial charge on any atom is 0.258 e. The molecule has 7 nitrogen and oxygen atoms in total. The van der Waals surface area contributed by atoms with Gasteiger partial charge in [0.05, 0.1) is 17.9 Å². The first-order chi connectivity index (χ1) is 15.6. The average molecular weight is 576 g/mol. The number of amides is 2. The van der Waals surface area contributed by atoms with Gasteiger partial charge in [-0.25, -0.2) is 0 Å². The summed E-state index contributed by atoms with van der Waals surface area (Å²) in [5.74, 6) is 0.487. The Labute approximate surface area is 212 Å². The molecule has 2 amide bonds. The Bertz CT molecular complexity index is 1140. The maximum absolute atomic E-state index is 13.3. The van der Waals surface area contributed by atoms with E-state index in [-0.39, 0.29) is 11.8 Å². The highest BCUT2D eigenvalue weighted by Crippen LogP contribution is 2.36. The van der Waals surface area contributed by atoms with E-state index in [1.54, 1.807) is 41.3 Å². The molecule has 1 saturated heterocycles. The normalized spacial score (nSPS) is 14.9. The number of carbonyl (C=O) groups is 2. The van der Waals surface area contributed by atoms with Crippen LogP contribution in [0.1, 0.15) is 38.3 Å². The second-order valence-electron chi connectivity index (χ2n) is 8.22. The number of benzene rings is 2. The van der Waals surface area contributed by atoms with E-state index in [2.05, 4.69) is 34.0 Å². The summed E-state index contributed by atoms with van der Waals surface area (Å²) >= 11 is 7.85. The molecule has 2 aromatic rings. The minimum absolute atomic E-state index is 0.0920. The van der Waals surface area contributed by atoms with E-state index in [9.17, 15) is 14.9 Å². The lowest BCUT2D eigenvalue weighted by Crippen LogP contribution is -2.44. The van der Waals surface area contributed by atoms with Gasteiger partial charge in [-0.1, -0.05) is 0 Å². The molecule has 1 aliphatic rings. The third-order valence-electron chi connectivity index (χ3n) is 5.51. The first-order valence-electron chi connectivity index (χ1n) is 10.4. The minimum Gasteiger partial charge on any atom is -0.494 e. The van der Waals surface area contributed by atoms with Crippen LogP contribution in [-0.4, -0.2) is 40.5 Å². The van der Waals surface area contributed by atoms with Crippen molar-refractivity contribution >= 4 is 63.1 Å². The number of thiocarbonyl (C=S) groups is 1. The molecule has 1 heterocycles. The first kappa shape index (κ1) is 24.9. The second kappa shape index (κ2) is 10.1. The molecule has 0 aromatic heterocycles. The van der Waals surface area contributed by atoms with Crippen molar-refractivity contribution in [1.29, 1.82) is 5.26 Å². The fraction of sp³-hybridized carbons (Fsp3) is 0.333. The van der Waals surface area contributed by atoms with Crippen LogP contribution in [0, 0.1) is 21.8 Å². The number of nitrogens with zero attached hydrogens (tertiary/aromatic N) is 3. The van der Waals surface area contributed by atoms with Gasteiger partial charge in [0.2, 0.25) is 5.91 Å². The topological polar surface area (TPSA) is 85.7 Å². The van der Waals surface area contributed by atoms with E-state index in [1.165, 1.54) is 6.92 Å². The van der Waals surface area contributed by atoms with Gasteiger partial charge in [0, 0.05) is 22.7 Å². The third-order valence-corrected chi connectivity index (χ3v) is 7.31. The van der Waals surface area contributed by atoms with Crippen molar-refractivity contribution < 1.29 is 14.3 Å². The molecule has 1 N–H and O–H groups in total. The lowest BCUT2D eigenvalue weighted by molar-refractivity contribution is -0.123. The van der Waals surface area contributed by atoms with Crippen molar-refractivity contribution in [3.63, 3.8) is 0 Å². The molecule has 1 aliphatic heterocycles. The summed E-state index contributed by atoms with van der Waals surface area (Å²) in [5, 5.41) is 12.5. The van der Waals surface area contributed by atoms with Gasteiger partial charge in [0.25, 0.3) is 5.91 Å². The number of rotatable bonds is 7. The van der Waals surface area contributed by atoms with Crippen LogP contribution in [0.5, 0.6) is 5.75 Å². The summed E-state index contributed by atoms with van der Waals surface area (Å²) in [6.45, 7) is 8.11. The number of hydrogen-bond donors (Lipinski definition) is 1. The van der Waals surface area contributed by atoms with Gasteiger partial charge in [-0.3, -0.25) is 14.5 Å². The fourth-order valence-electron chi connectivity index (χ4n) is 3.68. The van der Waals surface area contributed by atoms with Crippen LogP contribution >= 0.6 is 34.8 Å². The molecule has 9 heteroatoms. The summed E-state index contributed by atoms with van der Waals surface area (Å²) in [4.78, 5) is 27.9. The number of halogens is 1.